The van der Waals surface area contributed by atoms with Crippen molar-refractivity contribution in [2.24, 2.45) is 5.73 Å². The van der Waals surface area contributed by atoms with Crippen LogP contribution in [0.3, 0.4) is 0 Å². The van der Waals surface area contributed by atoms with Crippen LogP contribution in [0.25, 0.3) is 0 Å². The van der Waals surface area contributed by atoms with Gasteiger partial charge in [0, 0.05) is 33.4 Å². The number of nitrogens with one attached hydrogen (secondary N) is 1. The molecule has 0 amide bonds. The highest BCUT2D eigenvalue weighted by Crippen LogP contribution is 2.42. The smallest absolute Gasteiger partial charge is 0.350 e. The van der Waals surface area contributed by atoms with Crippen LogP contribution in [0, 0.1) is 0 Å². The van der Waals surface area contributed by atoms with Crippen LogP contribution in [0.15, 0.2) is 131 Å². The zero-order valence-electron chi connectivity index (χ0n) is 36.0. The number of carbonyl (C=O) groups is 4. The fourth-order valence-corrected chi connectivity index (χ4v) is 6.72. The second-order valence-corrected chi connectivity index (χ2v) is 16.5. The van der Waals surface area contributed by atoms with Crippen LogP contribution in [0.4, 0.5) is 0 Å². The summed E-state index contributed by atoms with van der Waals surface area (Å²) in [7, 11) is -2.71. The largest absolute Gasteiger partial charge is 0.476 e. The number of esters is 3. The van der Waals surface area contributed by atoms with E-state index in [1.807, 2.05) is 0 Å². The lowest BCUT2D eigenvalue weighted by atomic mass is 9.80. The number of methoxy groups -OCH3 is 1. The van der Waals surface area contributed by atoms with Gasteiger partial charge in [-0.05, 0) is 114 Å². The van der Waals surface area contributed by atoms with Gasteiger partial charge in [0.25, 0.3) is 10.1 Å². The van der Waals surface area contributed by atoms with E-state index in [-0.39, 0.29) is 35.6 Å². The zero-order chi connectivity index (χ0) is 46.9. The minimum absolute atomic E-state index is 0.0741. The average molecular weight is 928 g/mol. The van der Waals surface area contributed by atoms with Crippen molar-refractivity contribution in [3.63, 3.8) is 0 Å². The molecule has 14 nitrogen and oxygen atoms in total. The second-order valence-electron chi connectivity index (χ2n) is 14.3. The van der Waals surface area contributed by atoms with Gasteiger partial charge in [0.15, 0.2) is 11.4 Å². The monoisotopic (exact) mass is 926 g/mol. The van der Waals surface area contributed by atoms with Gasteiger partial charge in [-0.1, -0.05) is 59.6 Å². The van der Waals surface area contributed by atoms with Crippen molar-refractivity contribution in [2.45, 2.75) is 64.1 Å². The van der Waals surface area contributed by atoms with Crippen LogP contribution >= 0.6 is 23.2 Å². The molecule has 4 N–H and O–H groups in total. The van der Waals surface area contributed by atoms with Gasteiger partial charge < -0.3 is 34.7 Å². The fourth-order valence-electron chi connectivity index (χ4n) is 5.85. The predicted octanol–water partition coefficient (Wildman–Crippen LogP) is 7.88. The number of benzene rings is 4. The van der Waals surface area contributed by atoms with E-state index in [1.165, 1.54) is 19.2 Å². The first-order valence-electron chi connectivity index (χ1n) is 19.6. The Morgan fingerprint density at radius 1 is 0.841 bits per heavy atom. The van der Waals surface area contributed by atoms with E-state index in [9.17, 15) is 27.6 Å². The zero-order valence-corrected chi connectivity index (χ0v) is 38.3. The van der Waals surface area contributed by atoms with Crippen molar-refractivity contribution in [3.8, 4) is 5.75 Å². The molecule has 0 aliphatic carbocycles. The molecule has 63 heavy (non-hydrogen) atoms. The number of halogens is 2. The Balaban J connectivity index is 0.000000276. The Morgan fingerprint density at radius 2 is 1.41 bits per heavy atom. The lowest BCUT2D eigenvalue weighted by Crippen LogP contribution is -2.40. The summed E-state index contributed by atoms with van der Waals surface area (Å²) in [6, 6.07) is 27.8. The van der Waals surface area contributed by atoms with Crippen LogP contribution in [0.5, 0.6) is 5.75 Å². The van der Waals surface area contributed by atoms with E-state index in [2.05, 4.69) is 5.32 Å². The molecule has 0 radical (unpaired) electrons. The number of carbonyl (C=O) groups excluding carboxylic acids is 4. The Hall–Kier alpha value is -5.55. The summed E-state index contributed by atoms with van der Waals surface area (Å²) in [5.74, 6) is -1.93. The number of ketones is 1. The molecule has 0 aromatic heterocycles. The quantitative estimate of drug-likeness (QED) is 0.0341. The minimum atomic E-state index is -4.00. The van der Waals surface area contributed by atoms with Gasteiger partial charge in [-0.25, -0.2) is 14.4 Å². The SMILES string of the molecule is CC(C)OC(=O)C(C)(C)Oc1ccc(C(=O)c2ccc(Cl)cc2)cc1.CCOC(=O)C1=C(COCCN)NC(C)=C(C(=O)OC)C1c1ccccc1Cl.O=S(=O)(O)c1ccccc1. The molecule has 0 fully saturated rings. The van der Waals surface area contributed by atoms with E-state index in [0.717, 1.165) is 0 Å². The van der Waals surface area contributed by atoms with E-state index in [4.69, 9.17) is 57.2 Å². The van der Waals surface area contributed by atoms with Crippen molar-refractivity contribution in [1.82, 2.24) is 5.32 Å². The second kappa shape index (κ2) is 24.3. The Bertz CT molecular complexity index is 2370. The number of hydrogen-bond acceptors (Lipinski definition) is 13. The van der Waals surface area contributed by atoms with Crippen LogP contribution < -0.4 is 15.8 Å². The lowest BCUT2D eigenvalue weighted by Gasteiger charge is -2.31. The highest BCUT2D eigenvalue weighted by molar-refractivity contribution is 7.85. The minimum Gasteiger partial charge on any atom is -0.476 e. The van der Waals surface area contributed by atoms with Gasteiger partial charge in [-0.3, -0.25) is 9.35 Å². The number of rotatable bonds is 15. The van der Waals surface area contributed by atoms with E-state index in [0.29, 0.717) is 62.6 Å². The first-order chi connectivity index (χ1) is 29.7. The third kappa shape index (κ3) is 15.3. The molecular formula is C46H52Cl2N2O12S. The molecule has 4 aromatic carbocycles. The first kappa shape index (κ1) is 51.8. The third-order valence-electron chi connectivity index (χ3n) is 8.74. The summed E-state index contributed by atoms with van der Waals surface area (Å²) in [4.78, 5) is 49.9. The van der Waals surface area contributed by atoms with Crippen LogP contribution in [0.1, 0.15) is 68.9 Å². The fraction of sp³-hybridized carbons (Fsp3) is 0.304. The molecule has 1 unspecified atom stereocenters. The topological polar surface area (TPSA) is 207 Å². The highest BCUT2D eigenvalue weighted by atomic mass is 35.5. The molecule has 4 aromatic rings. The highest BCUT2D eigenvalue weighted by Gasteiger charge is 2.39. The number of nitrogens with two attached hydrogens (primary N) is 1. The van der Waals surface area contributed by atoms with Crippen LogP contribution in [-0.4, -0.2) is 81.8 Å². The molecule has 0 saturated carbocycles. The van der Waals surface area contributed by atoms with Gasteiger partial charge >= 0.3 is 17.9 Å². The summed E-state index contributed by atoms with van der Waals surface area (Å²) in [5.41, 5.74) is 7.66. The normalized spacial score (nSPS) is 13.7. The molecule has 17 heteroatoms. The van der Waals surface area contributed by atoms with Gasteiger partial charge in [0.1, 0.15) is 5.75 Å². The summed E-state index contributed by atoms with van der Waals surface area (Å²) in [5, 5.41) is 4.10. The first-order valence-corrected chi connectivity index (χ1v) is 21.8. The maximum absolute atomic E-state index is 12.9. The summed E-state index contributed by atoms with van der Waals surface area (Å²) in [6.07, 6.45) is -0.213. The number of hydrogen-bond donors (Lipinski definition) is 3. The Labute approximate surface area is 378 Å². The Kier molecular flexibility index (Phi) is 20.0. The molecule has 0 saturated heterocycles. The van der Waals surface area contributed by atoms with E-state index < -0.39 is 39.5 Å². The molecule has 1 aliphatic rings. The maximum atomic E-state index is 12.9. The third-order valence-corrected chi connectivity index (χ3v) is 10.2. The molecule has 0 spiro atoms. The Morgan fingerprint density at radius 3 is 1.92 bits per heavy atom. The van der Waals surface area contributed by atoms with Gasteiger partial charge in [-0.15, -0.1) is 0 Å². The molecule has 1 atom stereocenters. The van der Waals surface area contributed by atoms with Crippen molar-refractivity contribution in [2.75, 3.05) is 33.5 Å². The summed E-state index contributed by atoms with van der Waals surface area (Å²) < 4.78 is 55.9. The number of dihydropyridines is 1. The van der Waals surface area contributed by atoms with Crippen LogP contribution in [-0.2, 0) is 43.4 Å². The molecular weight excluding hydrogens is 875 g/mol. The average Bonchev–Trinajstić information content (AvgIpc) is 3.24. The number of ether oxygens (including phenoxy) is 5. The molecule has 338 valence electrons. The summed E-state index contributed by atoms with van der Waals surface area (Å²) in [6.45, 7) is 11.3. The van der Waals surface area contributed by atoms with E-state index >= 15 is 0 Å². The van der Waals surface area contributed by atoms with Crippen molar-refractivity contribution in [3.05, 3.63) is 152 Å². The van der Waals surface area contributed by atoms with Crippen molar-refractivity contribution >= 4 is 57.0 Å². The van der Waals surface area contributed by atoms with E-state index in [1.54, 1.807) is 133 Å². The molecule has 0 bridgehead atoms. The summed E-state index contributed by atoms with van der Waals surface area (Å²) >= 11 is 12.3. The van der Waals surface area contributed by atoms with Crippen LogP contribution in [0.2, 0.25) is 10.0 Å². The molecule has 5 rings (SSSR count). The lowest BCUT2D eigenvalue weighted by molar-refractivity contribution is -0.163. The van der Waals surface area contributed by atoms with Crippen molar-refractivity contribution in [1.29, 1.82) is 0 Å². The number of allylic oxidation sites excluding steroid dienone is 1. The predicted molar refractivity (Wildman–Crippen MR) is 239 cm³/mol. The maximum Gasteiger partial charge on any atom is 0.350 e. The van der Waals surface area contributed by atoms with Gasteiger partial charge in [0.2, 0.25) is 0 Å². The van der Waals surface area contributed by atoms with Gasteiger partial charge in [-0.2, -0.15) is 8.42 Å². The standard InChI is InChI=1S/C20H25ClN2O5.C20H21ClO4.C6H6O3S/c1-4-28-20(25)18-15(11-27-10-9-22)23-12(2)16(19(24)26-3)17(18)13-7-5-6-8-14(13)21;1-13(2)24-19(23)20(3,4)25-17-11-7-15(8-12-17)18(22)14-5-9-16(21)10-6-14;7-10(8,9)6-4-2-1-3-5-6/h5-8,17,23H,4,9-11,22H2,1-3H3;5-13H,1-4H3;1-5H,(H,7,8,9). The van der Waals surface area contributed by atoms with Gasteiger partial charge in [0.05, 0.1) is 60.7 Å². The molecule has 1 heterocycles. The van der Waals surface area contributed by atoms with Crippen molar-refractivity contribution < 1.29 is 55.8 Å². The molecule has 1 aliphatic heterocycles.